The number of carbonyl (C=O) groups is 1. The molecule has 0 aliphatic carbocycles. The molecule has 0 amide bonds. The van der Waals surface area contributed by atoms with Gasteiger partial charge in [-0.15, -0.1) is 0 Å². The van der Waals surface area contributed by atoms with Crippen molar-refractivity contribution in [3.05, 3.63) is 29.5 Å². The van der Waals surface area contributed by atoms with Crippen LogP contribution in [0.1, 0.15) is 17.4 Å². The Morgan fingerprint density at radius 1 is 1.35 bits per heavy atom. The highest BCUT2D eigenvalue weighted by atomic mass is 19.1. The van der Waals surface area contributed by atoms with E-state index in [1.165, 1.54) is 20.1 Å². The molecule has 0 aliphatic rings. The number of methoxy groups -OCH3 is 1. The highest BCUT2D eigenvalue weighted by Gasteiger charge is 2.19. The molecular weight excluding hydrogens is 228 g/mol. The van der Waals surface area contributed by atoms with Crippen LogP contribution in [-0.4, -0.2) is 17.6 Å². The second kappa shape index (κ2) is 3.84. The fourth-order valence-corrected chi connectivity index (χ4v) is 1.98. The molecule has 5 heteroatoms. The summed E-state index contributed by atoms with van der Waals surface area (Å²) < 4.78 is 33.6. The van der Waals surface area contributed by atoms with E-state index in [0.29, 0.717) is 5.69 Å². The topological polar surface area (TPSA) is 31.2 Å². The maximum Gasteiger partial charge on any atom is 0.228 e. The second-order valence-electron chi connectivity index (χ2n) is 3.78. The molecule has 17 heavy (non-hydrogen) atoms. The molecule has 3 nitrogen and oxygen atoms in total. The van der Waals surface area contributed by atoms with Crippen molar-refractivity contribution in [2.45, 2.75) is 13.8 Å². The third-order valence-electron chi connectivity index (χ3n) is 2.66. The molecule has 90 valence electrons. The Morgan fingerprint density at radius 2 is 2.00 bits per heavy atom. The number of carbonyl (C=O) groups excluding carboxylic acids is 1. The number of aryl methyl sites for hydroxylation is 1. The molecule has 0 N–H and O–H groups in total. The lowest BCUT2D eigenvalue weighted by Gasteiger charge is -2.06. The van der Waals surface area contributed by atoms with E-state index < -0.39 is 11.6 Å². The summed E-state index contributed by atoms with van der Waals surface area (Å²) in [5, 5.41) is 0.0505. The number of nitrogens with zero attached hydrogens (tertiary/aromatic N) is 1. The fourth-order valence-electron chi connectivity index (χ4n) is 1.98. The first-order valence-corrected chi connectivity index (χ1v) is 5.02. The summed E-state index contributed by atoms with van der Waals surface area (Å²) in [7, 11) is 1.26. The van der Waals surface area contributed by atoms with Crippen LogP contribution in [0, 0.1) is 18.6 Å². The third-order valence-corrected chi connectivity index (χ3v) is 2.66. The molecular formula is C12H11F2NO2. The number of halogens is 2. The molecule has 0 unspecified atom stereocenters. The van der Waals surface area contributed by atoms with Gasteiger partial charge < -0.3 is 4.74 Å². The first kappa shape index (κ1) is 11.6. The lowest BCUT2D eigenvalue weighted by molar-refractivity contribution is 0.0939. The largest absolute Gasteiger partial charge is 0.494 e. The van der Waals surface area contributed by atoms with E-state index in [-0.39, 0.29) is 22.6 Å². The van der Waals surface area contributed by atoms with E-state index in [1.54, 1.807) is 6.92 Å². The molecule has 0 fully saturated rings. The third kappa shape index (κ3) is 1.58. The number of ether oxygens (including phenoxy) is 1. The first-order chi connectivity index (χ1) is 7.97. The van der Waals surface area contributed by atoms with Gasteiger partial charge in [-0.05, 0) is 13.0 Å². The molecule has 1 aromatic heterocycles. The van der Waals surface area contributed by atoms with Crippen molar-refractivity contribution < 1.29 is 18.3 Å². The van der Waals surface area contributed by atoms with Gasteiger partial charge in [-0.3, -0.25) is 9.36 Å². The first-order valence-electron chi connectivity index (χ1n) is 5.02. The van der Waals surface area contributed by atoms with E-state index in [0.717, 1.165) is 10.6 Å². The summed E-state index contributed by atoms with van der Waals surface area (Å²) in [5.41, 5.74) is 0.437. The Labute approximate surface area is 96.6 Å². The molecule has 0 bridgehead atoms. The Bertz CT molecular complexity index is 617. The zero-order valence-electron chi connectivity index (χ0n) is 9.67. The number of benzene rings is 1. The van der Waals surface area contributed by atoms with Crippen LogP contribution in [0.25, 0.3) is 10.9 Å². The SMILES string of the molecule is COc1cc(F)c2c(cc(C)n2C(C)=O)c1F. The van der Waals surface area contributed by atoms with Crippen LogP contribution in [0.4, 0.5) is 8.78 Å². The average molecular weight is 239 g/mol. The van der Waals surface area contributed by atoms with Crippen LogP contribution in [0.15, 0.2) is 12.1 Å². The van der Waals surface area contributed by atoms with Gasteiger partial charge in [0.2, 0.25) is 5.91 Å². The Morgan fingerprint density at radius 3 is 2.53 bits per heavy atom. The Hall–Kier alpha value is -1.91. The quantitative estimate of drug-likeness (QED) is 0.766. The minimum Gasteiger partial charge on any atom is -0.494 e. The molecule has 0 radical (unpaired) electrons. The zero-order chi connectivity index (χ0) is 12.7. The molecule has 2 rings (SSSR count). The molecule has 0 aliphatic heterocycles. The van der Waals surface area contributed by atoms with E-state index in [1.807, 2.05) is 0 Å². The monoisotopic (exact) mass is 239 g/mol. The predicted octanol–water partition coefficient (Wildman–Crippen LogP) is 2.90. The van der Waals surface area contributed by atoms with Crippen molar-refractivity contribution in [3.63, 3.8) is 0 Å². The number of fused-ring (bicyclic) bond motifs is 1. The number of hydrogen-bond acceptors (Lipinski definition) is 2. The summed E-state index contributed by atoms with van der Waals surface area (Å²) >= 11 is 0. The van der Waals surface area contributed by atoms with Gasteiger partial charge in [0, 0.05) is 24.1 Å². The average Bonchev–Trinajstić information content (AvgIpc) is 2.61. The summed E-state index contributed by atoms with van der Waals surface area (Å²) in [5.74, 6) is -1.87. The summed E-state index contributed by atoms with van der Waals surface area (Å²) in [6.07, 6.45) is 0. The van der Waals surface area contributed by atoms with Gasteiger partial charge in [-0.25, -0.2) is 8.78 Å². The van der Waals surface area contributed by atoms with Gasteiger partial charge in [0.25, 0.3) is 0 Å². The highest BCUT2D eigenvalue weighted by molar-refractivity contribution is 5.94. The van der Waals surface area contributed by atoms with E-state index in [4.69, 9.17) is 4.74 Å². The van der Waals surface area contributed by atoms with Gasteiger partial charge >= 0.3 is 0 Å². The number of hydrogen-bond donors (Lipinski definition) is 0. The van der Waals surface area contributed by atoms with Crippen LogP contribution >= 0.6 is 0 Å². The fraction of sp³-hybridized carbons (Fsp3) is 0.250. The van der Waals surface area contributed by atoms with Crippen LogP contribution in [-0.2, 0) is 0 Å². The van der Waals surface area contributed by atoms with Gasteiger partial charge in [-0.2, -0.15) is 0 Å². The minimum atomic E-state index is -0.679. The second-order valence-corrected chi connectivity index (χ2v) is 3.78. The van der Waals surface area contributed by atoms with E-state index in [2.05, 4.69) is 0 Å². The van der Waals surface area contributed by atoms with Crippen molar-refractivity contribution in [2.75, 3.05) is 7.11 Å². The number of aromatic nitrogens is 1. The highest BCUT2D eigenvalue weighted by Crippen LogP contribution is 2.31. The Kier molecular flexibility index (Phi) is 2.61. The summed E-state index contributed by atoms with van der Waals surface area (Å²) in [4.78, 5) is 11.4. The van der Waals surface area contributed by atoms with Crippen molar-refractivity contribution in [1.29, 1.82) is 0 Å². The standard InChI is InChI=1S/C12H11F2NO2/c1-6-4-8-11(14)10(17-3)5-9(13)12(8)15(6)7(2)16/h4-5H,1-3H3. The maximum atomic E-state index is 13.9. The summed E-state index contributed by atoms with van der Waals surface area (Å²) in [6, 6.07) is 2.37. The maximum absolute atomic E-state index is 13.9. The molecule has 0 saturated carbocycles. The van der Waals surface area contributed by atoms with Crippen LogP contribution in [0.3, 0.4) is 0 Å². The van der Waals surface area contributed by atoms with Crippen molar-refractivity contribution in [2.24, 2.45) is 0 Å². The zero-order valence-corrected chi connectivity index (χ0v) is 9.67. The molecule has 2 aromatic rings. The molecule has 1 heterocycles. The van der Waals surface area contributed by atoms with E-state index >= 15 is 0 Å². The van der Waals surface area contributed by atoms with Gasteiger partial charge in [0.1, 0.15) is 0 Å². The smallest absolute Gasteiger partial charge is 0.228 e. The predicted molar refractivity (Wildman–Crippen MR) is 59.4 cm³/mol. The van der Waals surface area contributed by atoms with Gasteiger partial charge in [-0.1, -0.05) is 0 Å². The molecule has 0 atom stereocenters. The lowest BCUT2D eigenvalue weighted by Crippen LogP contribution is -2.08. The van der Waals surface area contributed by atoms with Gasteiger partial charge in [0.15, 0.2) is 17.4 Å². The lowest BCUT2D eigenvalue weighted by atomic mass is 10.2. The van der Waals surface area contributed by atoms with Crippen LogP contribution in [0.2, 0.25) is 0 Å². The molecule has 1 aromatic carbocycles. The molecule has 0 spiro atoms. The minimum absolute atomic E-state index is 0.0479. The Balaban J connectivity index is 2.94. The normalized spacial score (nSPS) is 10.9. The van der Waals surface area contributed by atoms with Gasteiger partial charge in [0.05, 0.1) is 12.6 Å². The van der Waals surface area contributed by atoms with Crippen molar-refractivity contribution in [1.82, 2.24) is 4.57 Å². The van der Waals surface area contributed by atoms with Crippen LogP contribution < -0.4 is 4.74 Å². The van der Waals surface area contributed by atoms with E-state index in [9.17, 15) is 13.6 Å². The molecule has 0 saturated heterocycles. The number of rotatable bonds is 1. The van der Waals surface area contributed by atoms with Crippen molar-refractivity contribution >= 4 is 16.8 Å². The summed E-state index contributed by atoms with van der Waals surface area (Å²) in [6.45, 7) is 2.92. The van der Waals surface area contributed by atoms with Crippen LogP contribution in [0.5, 0.6) is 5.75 Å². The van der Waals surface area contributed by atoms with Crippen molar-refractivity contribution in [3.8, 4) is 5.75 Å².